The first-order chi connectivity index (χ1) is 19.8. The van der Waals surface area contributed by atoms with Crippen LogP contribution in [0.3, 0.4) is 0 Å². The lowest BCUT2D eigenvalue weighted by atomic mass is 10.1. The number of amides is 1. The van der Waals surface area contributed by atoms with E-state index in [9.17, 15) is 17.8 Å². The molecule has 10 nitrogen and oxygen atoms in total. The van der Waals surface area contributed by atoms with Crippen LogP contribution < -0.4 is 15.3 Å². The highest BCUT2D eigenvalue weighted by atomic mass is 32.2. The van der Waals surface area contributed by atoms with Gasteiger partial charge in [0.1, 0.15) is 36.1 Å². The molecule has 0 spiro atoms. The van der Waals surface area contributed by atoms with Crippen molar-refractivity contribution in [2.45, 2.75) is 116 Å². The molecule has 1 aromatic heterocycles. The summed E-state index contributed by atoms with van der Waals surface area (Å²) in [6, 6.07) is 6.84. The lowest BCUT2D eigenvalue weighted by molar-refractivity contribution is -0.642. The minimum atomic E-state index is -4.33. The van der Waals surface area contributed by atoms with Crippen LogP contribution in [0.5, 0.6) is 5.88 Å². The molecule has 1 fully saturated rings. The van der Waals surface area contributed by atoms with Gasteiger partial charge in [0.25, 0.3) is 12.1 Å². The zero-order valence-electron chi connectivity index (χ0n) is 27.3. The molecule has 2 heterocycles. The number of carbonyl (C=O) groups is 1. The number of aromatic nitrogens is 2. The smallest absolute Gasteiger partial charge is 0.410 e. The average molecular weight is 633 g/mol. The standard InChI is InChI=1S/C22H37N4O3Si.C9H12O3S/c1-8-30(9-2,10-3)12-11-18-14-24-20(16-26(18)23)28-19-13-17(4)25(15-19)21(27)29-22(5,6)7;1-6-4-7(2)9(8(3)5-6)13(10,11)12/h14,16-17,19H,8-10,13,15H2,1-7H3,(H2,23,24);4-5H,1-3H3,(H,10,11,12)/q+1;/p-1/t17-,19+;/m0./s1. The summed E-state index contributed by atoms with van der Waals surface area (Å²) >= 11 is 0. The van der Waals surface area contributed by atoms with Crippen molar-refractivity contribution in [3.63, 3.8) is 0 Å². The third-order valence-corrected chi connectivity index (χ3v) is 13.5. The summed E-state index contributed by atoms with van der Waals surface area (Å²) in [4.78, 5) is 18.4. The van der Waals surface area contributed by atoms with Crippen molar-refractivity contribution in [2.75, 3.05) is 12.4 Å². The molecule has 2 N–H and O–H groups in total. The molecule has 0 bridgehead atoms. The van der Waals surface area contributed by atoms with Crippen molar-refractivity contribution >= 4 is 24.3 Å². The molecule has 12 heteroatoms. The normalized spacial score (nSPS) is 17.0. The maximum atomic E-state index is 12.4. The molecular formula is C31H48N4O6SSi. The zero-order valence-corrected chi connectivity index (χ0v) is 29.1. The SMILES string of the molecule is CC[Si](C#Cc1cnc(O[C@@H]2C[C@H](C)N(C(=O)OC(C)(C)C)C2)c[n+]1N)(CC)CC.Cc1cc(C)c(S(=O)(=O)[O-])c(C)c1. The zero-order chi connectivity index (χ0) is 32.8. The van der Waals surface area contributed by atoms with Crippen molar-refractivity contribution in [3.8, 4) is 17.3 Å². The van der Waals surface area contributed by atoms with Crippen molar-refractivity contribution < 1.29 is 31.9 Å². The van der Waals surface area contributed by atoms with E-state index < -0.39 is 23.8 Å². The van der Waals surface area contributed by atoms with Gasteiger partial charge >= 0.3 is 11.8 Å². The maximum Gasteiger partial charge on any atom is 0.410 e. The second kappa shape index (κ2) is 14.6. The van der Waals surface area contributed by atoms with Crippen molar-refractivity contribution in [1.29, 1.82) is 0 Å². The number of benzene rings is 1. The summed E-state index contributed by atoms with van der Waals surface area (Å²) in [5.74, 6) is 9.81. The van der Waals surface area contributed by atoms with Crippen LogP contribution >= 0.6 is 0 Å². The summed E-state index contributed by atoms with van der Waals surface area (Å²) in [5.41, 5.74) is 5.68. The third kappa shape index (κ3) is 10.2. The number of nitrogen functional groups attached to an aromatic ring is 1. The minimum Gasteiger partial charge on any atom is -0.744 e. The summed E-state index contributed by atoms with van der Waals surface area (Å²) < 4.78 is 45.4. The number of nitrogens with two attached hydrogens (primary N) is 1. The molecule has 0 unspecified atom stereocenters. The second-order valence-electron chi connectivity index (χ2n) is 12.2. The van der Waals surface area contributed by atoms with Gasteiger partial charge in [-0.15, -0.1) is 5.54 Å². The Morgan fingerprint density at radius 1 is 1.16 bits per heavy atom. The average Bonchev–Trinajstić information content (AvgIpc) is 3.24. The van der Waals surface area contributed by atoms with Crippen LogP contribution in [0.2, 0.25) is 18.1 Å². The van der Waals surface area contributed by atoms with Gasteiger partial charge in [-0.2, -0.15) is 0 Å². The monoisotopic (exact) mass is 632 g/mol. The van der Waals surface area contributed by atoms with Crippen LogP contribution in [0.15, 0.2) is 29.4 Å². The van der Waals surface area contributed by atoms with Crippen LogP contribution in [0, 0.1) is 32.2 Å². The van der Waals surface area contributed by atoms with Gasteiger partial charge in [-0.3, -0.25) is 0 Å². The van der Waals surface area contributed by atoms with Crippen molar-refractivity contribution in [3.05, 3.63) is 46.9 Å². The summed E-state index contributed by atoms with van der Waals surface area (Å²) in [6.07, 6.45) is 3.55. The molecule has 1 amide bonds. The van der Waals surface area contributed by atoms with Gasteiger partial charge in [-0.05, 0) is 83.6 Å². The molecule has 1 aliphatic rings. The Morgan fingerprint density at radius 2 is 1.72 bits per heavy atom. The first-order valence-corrected chi connectivity index (χ1v) is 18.8. The van der Waals surface area contributed by atoms with Crippen LogP contribution in [-0.2, 0) is 14.9 Å². The maximum absolute atomic E-state index is 12.4. The van der Waals surface area contributed by atoms with E-state index in [-0.39, 0.29) is 23.1 Å². The van der Waals surface area contributed by atoms with Crippen LogP contribution in [0.4, 0.5) is 4.79 Å². The molecule has 0 aliphatic carbocycles. The predicted molar refractivity (Wildman–Crippen MR) is 169 cm³/mol. The number of rotatable bonds is 6. The lowest BCUT2D eigenvalue weighted by Crippen LogP contribution is -2.47. The van der Waals surface area contributed by atoms with Gasteiger partial charge in [0.2, 0.25) is 0 Å². The van der Waals surface area contributed by atoms with Crippen molar-refractivity contribution in [1.82, 2.24) is 9.88 Å². The van der Waals surface area contributed by atoms with E-state index in [1.165, 1.54) is 4.68 Å². The van der Waals surface area contributed by atoms with Gasteiger partial charge in [0.15, 0.2) is 0 Å². The van der Waals surface area contributed by atoms with Gasteiger partial charge in [-0.1, -0.05) is 43.1 Å². The van der Waals surface area contributed by atoms with Gasteiger partial charge in [0.05, 0.1) is 11.4 Å². The number of aryl methyl sites for hydroxylation is 3. The lowest BCUT2D eigenvalue weighted by Gasteiger charge is -2.26. The van der Waals surface area contributed by atoms with E-state index in [4.69, 9.17) is 15.3 Å². The molecule has 238 valence electrons. The number of carbonyl (C=O) groups excluding carboxylic acids is 1. The van der Waals surface area contributed by atoms with Crippen LogP contribution in [0.1, 0.15) is 77.3 Å². The summed E-state index contributed by atoms with van der Waals surface area (Å²) in [6.45, 7) is 19.8. The largest absolute Gasteiger partial charge is 0.744 e. The van der Waals surface area contributed by atoms with Gasteiger partial charge < -0.3 is 18.9 Å². The first-order valence-electron chi connectivity index (χ1n) is 14.7. The Balaban J connectivity index is 0.000000413. The van der Waals surface area contributed by atoms with Crippen LogP contribution in [-0.4, -0.2) is 61.3 Å². The molecule has 43 heavy (non-hydrogen) atoms. The number of ether oxygens (including phenoxy) is 2. The quantitative estimate of drug-likeness (QED) is 0.158. The highest BCUT2D eigenvalue weighted by Gasteiger charge is 2.36. The fraction of sp³-hybridized carbons (Fsp3) is 0.581. The first kappa shape index (κ1) is 36.1. The Kier molecular flexibility index (Phi) is 12.2. The van der Waals surface area contributed by atoms with E-state index in [1.807, 2.05) is 34.6 Å². The topological polar surface area (TPSA) is 139 Å². The number of hydrogen-bond donors (Lipinski definition) is 1. The fourth-order valence-corrected chi connectivity index (χ4v) is 8.49. The number of nitrogens with zero attached hydrogens (tertiary/aromatic N) is 3. The van der Waals surface area contributed by atoms with Crippen molar-refractivity contribution in [2.24, 2.45) is 0 Å². The predicted octanol–water partition coefficient (Wildman–Crippen LogP) is 4.77. The molecule has 0 radical (unpaired) electrons. The highest BCUT2D eigenvalue weighted by molar-refractivity contribution is 7.85. The molecular weight excluding hydrogens is 585 g/mol. The summed E-state index contributed by atoms with van der Waals surface area (Å²) in [5, 5.41) is 0. The van der Waals surface area contributed by atoms with E-state index in [0.29, 0.717) is 35.7 Å². The molecule has 3 rings (SSSR count). The minimum absolute atomic E-state index is 0.0372. The Labute approximate surface area is 258 Å². The molecule has 0 saturated carbocycles. The molecule has 2 aromatic rings. The Morgan fingerprint density at radius 3 is 2.19 bits per heavy atom. The second-order valence-corrected chi connectivity index (χ2v) is 18.5. The molecule has 1 aliphatic heterocycles. The summed E-state index contributed by atoms with van der Waals surface area (Å²) in [7, 11) is -5.88. The van der Waals surface area contributed by atoms with E-state index in [2.05, 4.69) is 37.2 Å². The van der Waals surface area contributed by atoms with E-state index in [0.717, 1.165) is 23.7 Å². The fourth-order valence-electron chi connectivity index (χ4n) is 5.16. The molecule has 1 aromatic carbocycles. The third-order valence-electron chi connectivity index (χ3n) is 7.63. The van der Waals surface area contributed by atoms with Gasteiger partial charge in [-0.25, -0.2) is 24.0 Å². The number of likely N-dealkylation sites (tertiary alicyclic amines) is 1. The van der Waals surface area contributed by atoms with E-state index >= 15 is 0 Å². The molecule has 1 saturated heterocycles. The highest BCUT2D eigenvalue weighted by Crippen LogP contribution is 2.24. The molecule has 2 atom stereocenters. The Hall–Kier alpha value is -3.14. The van der Waals surface area contributed by atoms with Crippen LogP contribution in [0.25, 0.3) is 0 Å². The number of hydrogen-bond acceptors (Lipinski definition) is 8. The van der Waals surface area contributed by atoms with E-state index in [1.54, 1.807) is 43.3 Å². The Bertz CT molecular complexity index is 1430. The van der Waals surface area contributed by atoms with Gasteiger partial charge in [0, 0.05) is 12.5 Å².